The first-order chi connectivity index (χ1) is 6.50. The molecule has 0 saturated heterocycles. The summed E-state index contributed by atoms with van der Waals surface area (Å²) >= 11 is 0. The summed E-state index contributed by atoms with van der Waals surface area (Å²) < 4.78 is 5.04. The minimum atomic E-state index is -0.692. The lowest BCUT2D eigenvalue weighted by atomic mass is 9.69. The molecule has 0 aliphatic heterocycles. The minimum absolute atomic E-state index is 0.300. The Hall–Kier alpha value is -0.340. The summed E-state index contributed by atoms with van der Waals surface area (Å²) in [4.78, 5) is 0. The van der Waals surface area contributed by atoms with Crippen LogP contribution >= 0.6 is 0 Å². The molecule has 0 aromatic rings. The molecule has 0 aromatic carbocycles. The van der Waals surface area contributed by atoms with Gasteiger partial charge in [-0.3, -0.25) is 0 Å². The highest BCUT2D eigenvalue weighted by molar-refractivity contribution is 5.16. The molecule has 1 rings (SSSR count). The maximum absolute atomic E-state index is 10.5. The molecular weight excluding hydrogens is 176 g/mol. The van der Waals surface area contributed by atoms with E-state index in [0.717, 1.165) is 30.8 Å². The van der Waals surface area contributed by atoms with Crippen molar-refractivity contribution < 1.29 is 9.84 Å². The Morgan fingerprint density at radius 1 is 1.57 bits per heavy atom. The highest BCUT2D eigenvalue weighted by atomic mass is 16.5. The van der Waals surface area contributed by atoms with Gasteiger partial charge in [-0.2, -0.15) is 0 Å². The second kappa shape index (κ2) is 4.45. The van der Waals surface area contributed by atoms with E-state index < -0.39 is 5.60 Å². The monoisotopic (exact) mass is 198 g/mol. The van der Waals surface area contributed by atoms with Crippen molar-refractivity contribution in [3.05, 3.63) is 12.2 Å². The van der Waals surface area contributed by atoms with E-state index in [4.69, 9.17) is 4.74 Å². The predicted octanol–water partition coefficient (Wildman–Crippen LogP) is 2.38. The standard InChI is InChI=1S/C12H22O2/c1-9-5-6-12(13,10(2)7-9)11(3)8-14-4/h9-10,13H,3,5-8H2,1-2,4H3. The molecule has 82 valence electrons. The second-order valence-corrected chi connectivity index (χ2v) is 4.74. The number of methoxy groups -OCH3 is 1. The molecule has 0 spiro atoms. The van der Waals surface area contributed by atoms with E-state index in [2.05, 4.69) is 20.4 Å². The van der Waals surface area contributed by atoms with Crippen LogP contribution in [0.4, 0.5) is 0 Å². The van der Waals surface area contributed by atoms with E-state index in [1.807, 2.05) is 0 Å². The predicted molar refractivity (Wildman–Crippen MR) is 58.1 cm³/mol. The van der Waals surface area contributed by atoms with Crippen molar-refractivity contribution in [1.29, 1.82) is 0 Å². The first kappa shape index (κ1) is 11.7. The summed E-state index contributed by atoms with van der Waals surface area (Å²) in [6.45, 7) is 8.76. The Labute approximate surface area is 87.0 Å². The normalized spacial score (nSPS) is 38.3. The molecule has 1 aliphatic carbocycles. The van der Waals surface area contributed by atoms with Crippen LogP contribution in [-0.4, -0.2) is 24.4 Å². The van der Waals surface area contributed by atoms with Crippen molar-refractivity contribution in [2.24, 2.45) is 11.8 Å². The third-order valence-corrected chi connectivity index (χ3v) is 3.52. The topological polar surface area (TPSA) is 29.5 Å². The van der Waals surface area contributed by atoms with Gasteiger partial charge in [0.05, 0.1) is 12.2 Å². The maximum Gasteiger partial charge on any atom is 0.0901 e. The second-order valence-electron chi connectivity index (χ2n) is 4.74. The van der Waals surface area contributed by atoms with Crippen molar-refractivity contribution in [2.45, 2.75) is 38.7 Å². The molecule has 1 fully saturated rings. The van der Waals surface area contributed by atoms with Crippen LogP contribution in [0.25, 0.3) is 0 Å². The van der Waals surface area contributed by atoms with Gasteiger partial charge in [0.15, 0.2) is 0 Å². The Balaban J connectivity index is 2.68. The third-order valence-electron chi connectivity index (χ3n) is 3.52. The molecule has 14 heavy (non-hydrogen) atoms. The highest BCUT2D eigenvalue weighted by Crippen LogP contribution is 2.40. The van der Waals surface area contributed by atoms with Gasteiger partial charge in [-0.15, -0.1) is 0 Å². The van der Waals surface area contributed by atoms with Gasteiger partial charge in [-0.25, -0.2) is 0 Å². The van der Waals surface area contributed by atoms with Crippen molar-refractivity contribution in [3.8, 4) is 0 Å². The summed E-state index contributed by atoms with van der Waals surface area (Å²) in [5, 5.41) is 10.5. The number of hydrogen-bond donors (Lipinski definition) is 1. The van der Waals surface area contributed by atoms with E-state index in [1.165, 1.54) is 0 Å². The average molecular weight is 198 g/mol. The largest absolute Gasteiger partial charge is 0.385 e. The van der Waals surface area contributed by atoms with Crippen LogP contribution in [0, 0.1) is 11.8 Å². The average Bonchev–Trinajstić information content (AvgIpc) is 2.12. The molecule has 0 heterocycles. The smallest absolute Gasteiger partial charge is 0.0901 e. The fourth-order valence-corrected chi connectivity index (χ4v) is 2.45. The summed E-state index contributed by atoms with van der Waals surface area (Å²) in [6, 6.07) is 0. The zero-order valence-corrected chi connectivity index (χ0v) is 9.55. The zero-order chi connectivity index (χ0) is 10.8. The van der Waals surface area contributed by atoms with Gasteiger partial charge in [-0.1, -0.05) is 20.4 Å². The Morgan fingerprint density at radius 3 is 2.71 bits per heavy atom. The van der Waals surface area contributed by atoms with Crippen LogP contribution in [0.2, 0.25) is 0 Å². The van der Waals surface area contributed by atoms with E-state index in [9.17, 15) is 5.11 Å². The number of hydrogen-bond acceptors (Lipinski definition) is 2. The van der Waals surface area contributed by atoms with Crippen molar-refractivity contribution in [3.63, 3.8) is 0 Å². The summed E-state index contributed by atoms with van der Waals surface area (Å²) in [5.41, 5.74) is 0.141. The molecule has 0 radical (unpaired) electrons. The fourth-order valence-electron chi connectivity index (χ4n) is 2.45. The molecule has 2 heteroatoms. The lowest BCUT2D eigenvalue weighted by Gasteiger charge is -2.42. The van der Waals surface area contributed by atoms with Crippen LogP contribution < -0.4 is 0 Å². The first-order valence-corrected chi connectivity index (χ1v) is 5.40. The van der Waals surface area contributed by atoms with Gasteiger partial charge in [-0.05, 0) is 36.7 Å². The molecule has 0 aromatic heterocycles. The molecule has 2 nitrogen and oxygen atoms in total. The lowest BCUT2D eigenvalue weighted by Crippen LogP contribution is -2.43. The molecule has 3 unspecified atom stereocenters. The van der Waals surface area contributed by atoms with Crippen LogP contribution in [-0.2, 0) is 4.74 Å². The molecule has 1 saturated carbocycles. The van der Waals surface area contributed by atoms with Crippen LogP contribution in [0.5, 0.6) is 0 Å². The molecule has 0 amide bonds. The van der Waals surface area contributed by atoms with E-state index in [0.29, 0.717) is 12.5 Å². The van der Waals surface area contributed by atoms with Gasteiger partial charge >= 0.3 is 0 Å². The van der Waals surface area contributed by atoms with Crippen LogP contribution in [0.1, 0.15) is 33.1 Å². The fraction of sp³-hybridized carbons (Fsp3) is 0.833. The number of aliphatic hydroxyl groups is 1. The first-order valence-electron chi connectivity index (χ1n) is 5.40. The van der Waals surface area contributed by atoms with E-state index in [-0.39, 0.29) is 0 Å². The Bertz CT molecular complexity index is 212. The Morgan fingerprint density at radius 2 is 2.21 bits per heavy atom. The SMILES string of the molecule is C=C(COC)C1(O)CCC(C)CC1C. The minimum Gasteiger partial charge on any atom is -0.385 e. The molecule has 1 aliphatic rings. The summed E-state index contributed by atoms with van der Waals surface area (Å²) in [5.74, 6) is 1.02. The molecular formula is C12H22O2. The molecule has 1 N–H and O–H groups in total. The lowest BCUT2D eigenvalue weighted by molar-refractivity contribution is -0.0295. The number of ether oxygens (including phenoxy) is 1. The highest BCUT2D eigenvalue weighted by Gasteiger charge is 2.40. The van der Waals surface area contributed by atoms with Gasteiger partial charge in [0.1, 0.15) is 0 Å². The van der Waals surface area contributed by atoms with Crippen LogP contribution in [0.3, 0.4) is 0 Å². The van der Waals surface area contributed by atoms with Crippen molar-refractivity contribution in [2.75, 3.05) is 13.7 Å². The van der Waals surface area contributed by atoms with Crippen molar-refractivity contribution in [1.82, 2.24) is 0 Å². The van der Waals surface area contributed by atoms with Gasteiger partial charge < -0.3 is 9.84 Å². The summed E-state index contributed by atoms with van der Waals surface area (Å²) in [7, 11) is 1.64. The summed E-state index contributed by atoms with van der Waals surface area (Å²) in [6.07, 6.45) is 3.00. The zero-order valence-electron chi connectivity index (χ0n) is 9.55. The quantitative estimate of drug-likeness (QED) is 0.705. The molecule has 0 bridgehead atoms. The number of rotatable bonds is 3. The van der Waals surface area contributed by atoms with Gasteiger partial charge in [0.2, 0.25) is 0 Å². The van der Waals surface area contributed by atoms with Crippen LogP contribution in [0.15, 0.2) is 12.2 Å². The van der Waals surface area contributed by atoms with E-state index >= 15 is 0 Å². The third kappa shape index (κ3) is 2.18. The Kier molecular flexibility index (Phi) is 3.73. The van der Waals surface area contributed by atoms with Crippen molar-refractivity contribution >= 4 is 0 Å². The molecule has 3 atom stereocenters. The van der Waals surface area contributed by atoms with Gasteiger partial charge in [0, 0.05) is 7.11 Å². The van der Waals surface area contributed by atoms with E-state index in [1.54, 1.807) is 7.11 Å². The maximum atomic E-state index is 10.5. The van der Waals surface area contributed by atoms with Gasteiger partial charge in [0.25, 0.3) is 0 Å².